The molecule has 1 aliphatic rings. The second-order valence-corrected chi connectivity index (χ2v) is 4.86. The van der Waals surface area contributed by atoms with Gasteiger partial charge in [0, 0.05) is 12.6 Å². The van der Waals surface area contributed by atoms with E-state index in [0.29, 0.717) is 12.5 Å². The third-order valence-electron chi connectivity index (χ3n) is 3.30. The number of rotatable bonds is 4. The van der Waals surface area contributed by atoms with E-state index in [1.54, 1.807) is 0 Å². The standard InChI is InChI=1S/C12H23N3O2/c1-3-14-11(16)7-15-12(17)9-6-8(2)4-5-10(9)13/h8-10H,3-7,13H2,1-2H3,(H,14,16)(H,15,17). The van der Waals surface area contributed by atoms with Crippen LogP contribution in [0.1, 0.15) is 33.1 Å². The first-order chi connectivity index (χ1) is 8.04. The molecule has 0 aromatic rings. The number of likely N-dealkylation sites (N-methyl/N-ethyl adjacent to an activating group) is 1. The summed E-state index contributed by atoms with van der Waals surface area (Å²) >= 11 is 0. The smallest absolute Gasteiger partial charge is 0.239 e. The zero-order valence-corrected chi connectivity index (χ0v) is 10.7. The lowest BCUT2D eigenvalue weighted by Crippen LogP contribution is -2.47. The molecule has 1 fully saturated rings. The van der Waals surface area contributed by atoms with Crippen molar-refractivity contribution in [3.05, 3.63) is 0 Å². The van der Waals surface area contributed by atoms with Gasteiger partial charge in [0.15, 0.2) is 0 Å². The summed E-state index contributed by atoms with van der Waals surface area (Å²) in [7, 11) is 0. The molecule has 1 rings (SSSR count). The first kappa shape index (κ1) is 14.0. The first-order valence-corrected chi connectivity index (χ1v) is 6.34. The summed E-state index contributed by atoms with van der Waals surface area (Å²) in [5, 5.41) is 5.30. The van der Waals surface area contributed by atoms with Gasteiger partial charge < -0.3 is 16.4 Å². The van der Waals surface area contributed by atoms with Crippen LogP contribution in [0.5, 0.6) is 0 Å². The summed E-state index contributed by atoms with van der Waals surface area (Å²) in [5.41, 5.74) is 5.95. The first-order valence-electron chi connectivity index (χ1n) is 6.34. The zero-order chi connectivity index (χ0) is 12.8. The van der Waals surface area contributed by atoms with Crippen molar-refractivity contribution in [2.24, 2.45) is 17.6 Å². The molecule has 17 heavy (non-hydrogen) atoms. The fourth-order valence-corrected chi connectivity index (χ4v) is 2.26. The summed E-state index contributed by atoms with van der Waals surface area (Å²) in [6.45, 7) is 4.60. The quantitative estimate of drug-likeness (QED) is 0.648. The van der Waals surface area contributed by atoms with Crippen molar-refractivity contribution in [3.63, 3.8) is 0 Å². The van der Waals surface area contributed by atoms with Gasteiger partial charge in [0.1, 0.15) is 0 Å². The van der Waals surface area contributed by atoms with Gasteiger partial charge in [-0.2, -0.15) is 0 Å². The van der Waals surface area contributed by atoms with Crippen LogP contribution in [-0.4, -0.2) is 30.9 Å². The third-order valence-corrected chi connectivity index (χ3v) is 3.30. The lowest BCUT2D eigenvalue weighted by Gasteiger charge is -2.31. The highest BCUT2D eigenvalue weighted by Gasteiger charge is 2.31. The molecule has 0 saturated heterocycles. The van der Waals surface area contributed by atoms with Crippen molar-refractivity contribution < 1.29 is 9.59 Å². The van der Waals surface area contributed by atoms with Gasteiger partial charge in [-0.15, -0.1) is 0 Å². The molecular weight excluding hydrogens is 218 g/mol. The average molecular weight is 241 g/mol. The predicted molar refractivity (Wildman–Crippen MR) is 66.2 cm³/mol. The highest BCUT2D eigenvalue weighted by molar-refractivity contribution is 5.86. The van der Waals surface area contributed by atoms with Crippen LogP contribution < -0.4 is 16.4 Å². The molecule has 1 saturated carbocycles. The largest absolute Gasteiger partial charge is 0.355 e. The van der Waals surface area contributed by atoms with E-state index in [0.717, 1.165) is 19.3 Å². The van der Waals surface area contributed by atoms with Crippen LogP contribution in [0.25, 0.3) is 0 Å². The van der Waals surface area contributed by atoms with E-state index in [4.69, 9.17) is 5.73 Å². The summed E-state index contributed by atoms with van der Waals surface area (Å²) in [4.78, 5) is 23.1. The maximum Gasteiger partial charge on any atom is 0.239 e. The fraction of sp³-hybridized carbons (Fsp3) is 0.833. The minimum absolute atomic E-state index is 0.0459. The van der Waals surface area contributed by atoms with Crippen LogP contribution in [0.4, 0.5) is 0 Å². The van der Waals surface area contributed by atoms with Gasteiger partial charge in [0.25, 0.3) is 0 Å². The van der Waals surface area contributed by atoms with Crippen molar-refractivity contribution in [2.45, 2.75) is 39.2 Å². The fourth-order valence-electron chi connectivity index (χ4n) is 2.26. The Morgan fingerprint density at radius 3 is 2.65 bits per heavy atom. The molecule has 2 amide bonds. The molecule has 98 valence electrons. The van der Waals surface area contributed by atoms with E-state index in [-0.39, 0.29) is 30.3 Å². The molecule has 0 spiro atoms. The van der Waals surface area contributed by atoms with Crippen LogP contribution in [0.3, 0.4) is 0 Å². The lowest BCUT2D eigenvalue weighted by atomic mass is 9.79. The molecule has 0 aromatic carbocycles. The van der Waals surface area contributed by atoms with Crippen molar-refractivity contribution in [1.29, 1.82) is 0 Å². The number of carbonyl (C=O) groups is 2. The normalized spacial score (nSPS) is 28.5. The van der Waals surface area contributed by atoms with Gasteiger partial charge in [0.05, 0.1) is 12.5 Å². The van der Waals surface area contributed by atoms with E-state index >= 15 is 0 Å². The molecule has 0 aromatic heterocycles. The molecule has 1 aliphatic carbocycles. The van der Waals surface area contributed by atoms with E-state index < -0.39 is 0 Å². The highest BCUT2D eigenvalue weighted by atomic mass is 16.2. The van der Waals surface area contributed by atoms with E-state index in [1.165, 1.54) is 0 Å². The zero-order valence-electron chi connectivity index (χ0n) is 10.7. The Morgan fingerprint density at radius 2 is 2.00 bits per heavy atom. The van der Waals surface area contributed by atoms with Gasteiger partial charge in [0.2, 0.25) is 11.8 Å². The van der Waals surface area contributed by atoms with Gasteiger partial charge in [-0.1, -0.05) is 6.92 Å². The number of nitrogens with two attached hydrogens (primary N) is 1. The Balaban J connectivity index is 2.38. The van der Waals surface area contributed by atoms with Crippen LogP contribution in [-0.2, 0) is 9.59 Å². The summed E-state index contributed by atoms with van der Waals surface area (Å²) in [6.07, 6.45) is 2.80. The van der Waals surface area contributed by atoms with Gasteiger partial charge >= 0.3 is 0 Å². The molecule has 0 aliphatic heterocycles. The Kier molecular flexibility index (Phi) is 5.41. The molecule has 5 heteroatoms. The molecule has 3 atom stereocenters. The molecule has 5 nitrogen and oxygen atoms in total. The summed E-state index contributed by atoms with van der Waals surface area (Å²) in [6, 6.07) is -0.0690. The predicted octanol–water partition coefficient (Wildman–Crippen LogP) is 0.00220. The summed E-state index contributed by atoms with van der Waals surface area (Å²) in [5.74, 6) is 0.150. The topological polar surface area (TPSA) is 84.2 Å². The molecule has 0 radical (unpaired) electrons. The molecule has 0 bridgehead atoms. The second kappa shape index (κ2) is 6.59. The van der Waals surface area contributed by atoms with E-state index in [2.05, 4.69) is 17.6 Å². The minimum atomic E-state index is -0.154. The third kappa shape index (κ3) is 4.34. The van der Waals surface area contributed by atoms with E-state index in [1.807, 2.05) is 6.92 Å². The monoisotopic (exact) mass is 241 g/mol. The average Bonchev–Trinajstić information content (AvgIpc) is 2.29. The van der Waals surface area contributed by atoms with Crippen molar-refractivity contribution in [1.82, 2.24) is 10.6 Å². The number of nitrogens with one attached hydrogen (secondary N) is 2. The molecule has 4 N–H and O–H groups in total. The van der Waals surface area contributed by atoms with Crippen molar-refractivity contribution >= 4 is 11.8 Å². The molecule has 3 unspecified atom stereocenters. The van der Waals surface area contributed by atoms with Gasteiger partial charge in [-0.3, -0.25) is 9.59 Å². The number of hydrogen-bond acceptors (Lipinski definition) is 3. The minimum Gasteiger partial charge on any atom is -0.355 e. The molecular formula is C12H23N3O2. The maximum atomic E-state index is 11.9. The van der Waals surface area contributed by atoms with Gasteiger partial charge in [-0.25, -0.2) is 0 Å². The SMILES string of the molecule is CCNC(=O)CNC(=O)C1CC(C)CCC1N. The van der Waals surface area contributed by atoms with Crippen LogP contribution in [0.15, 0.2) is 0 Å². The number of amides is 2. The Hall–Kier alpha value is -1.10. The number of hydrogen-bond donors (Lipinski definition) is 3. The van der Waals surface area contributed by atoms with Crippen LogP contribution in [0, 0.1) is 11.8 Å². The van der Waals surface area contributed by atoms with Crippen molar-refractivity contribution in [2.75, 3.05) is 13.1 Å². The Labute approximate surface area is 103 Å². The van der Waals surface area contributed by atoms with Gasteiger partial charge in [-0.05, 0) is 32.1 Å². The molecule has 0 heterocycles. The highest BCUT2D eigenvalue weighted by Crippen LogP contribution is 2.27. The van der Waals surface area contributed by atoms with Crippen molar-refractivity contribution in [3.8, 4) is 0 Å². The summed E-state index contributed by atoms with van der Waals surface area (Å²) < 4.78 is 0. The van der Waals surface area contributed by atoms with Crippen LogP contribution >= 0.6 is 0 Å². The van der Waals surface area contributed by atoms with E-state index in [9.17, 15) is 9.59 Å². The number of carbonyl (C=O) groups excluding carboxylic acids is 2. The maximum absolute atomic E-state index is 11.9. The second-order valence-electron chi connectivity index (χ2n) is 4.86. The Bertz CT molecular complexity index is 281. The Morgan fingerprint density at radius 1 is 1.29 bits per heavy atom. The lowest BCUT2D eigenvalue weighted by molar-refractivity contribution is -0.130. The van der Waals surface area contributed by atoms with Crippen LogP contribution in [0.2, 0.25) is 0 Å².